The summed E-state index contributed by atoms with van der Waals surface area (Å²) in [6.45, 7) is 12.4. The van der Waals surface area contributed by atoms with Gasteiger partial charge in [-0.3, -0.25) is 9.59 Å². The van der Waals surface area contributed by atoms with Crippen LogP contribution in [0.15, 0.2) is 0 Å². The van der Waals surface area contributed by atoms with Gasteiger partial charge in [0.15, 0.2) is 0 Å². The van der Waals surface area contributed by atoms with Crippen LogP contribution in [-0.4, -0.2) is 34.3 Å². The fourth-order valence-corrected chi connectivity index (χ4v) is 2.49. The number of nitrogens with zero attached hydrogens (tertiary/aromatic N) is 1. The van der Waals surface area contributed by atoms with E-state index in [0.29, 0.717) is 18.9 Å². The Morgan fingerprint density at radius 1 is 1.11 bits per heavy atom. The molecule has 1 aliphatic heterocycles. The molecule has 1 aliphatic rings. The third kappa shape index (κ3) is 2.77. The van der Waals surface area contributed by atoms with Crippen molar-refractivity contribution in [1.82, 2.24) is 10.2 Å². The van der Waals surface area contributed by atoms with Crippen molar-refractivity contribution < 1.29 is 9.59 Å². The zero-order valence-electron chi connectivity index (χ0n) is 13.2. The van der Waals surface area contributed by atoms with Gasteiger partial charge in [-0.25, -0.2) is 0 Å². The Bertz CT molecular complexity index is 361. The van der Waals surface area contributed by atoms with Crippen molar-refractivity contribution in [2.75, 3.05) is 6.54 Å². The minimum atomic E-state index is -0.756. The molecule has 0 aliphatic carbocycles. The second kappa shape index (κ2) is 5.51. The Morgan fingerprint density at radius 3 is 2.05 bits per heavy atom. The summed E-state index contributed by atoms with van der Waals surface area (Å²) in [4.78, 5) is 26.8. The molecular weight excluding hydrogens is 240 g/mol. The molecule has 2 amide bonds. The van der Waals surface area contributed by atoms with Crippen LogP contribution in [0.25, 0.3) is 0 Å². The zero-order valence-corrected chi connectivity index (χ0v) is 13.2. The fraction of sp³-hybridized carbons (Fsp3) is 0.867. The number of hydrogen-bond donors (Lipinski definition) is 1. The molecule has 0 aromatic rings. The van der Waals surface area contributed by atoms with Gasteiger partial charge in [-0.05, 0) is 33.1 Å². The maximum atomic E-state index is 12.7. The molecule has 0 aromatic carbocycles. The quantitative estimate of drug-likeness (QED) is 0.832. The van der Waals surface area contributed by atoms with E-state index in [-0.39, 0.29) is 11.8 Å². The molecule has 110 valence electrons. The number of carbonyl (C=O) groups is 2. The van der Waals surface area contributed by atoms with E-state index in [9.17, 15) is 9.59 Å². The van der Waals surface area contributed by atoms with Gasteiger partial charge < -0.3 is 10.2 Å². The molecule has 0 spiro atoms. The van der Waals surface area contributed by atoms with Gasteiger partial charge in [-0.2, -0.15) is 0 Å². The molecule has 1 atom stereocenters. The monoisotopic (exact) mass is 268 g/mol. The molecule has 1 fully saturated rings. The highest BCUT2D eigenvalue weighted by molar-refractivity contribution is 6.01. The highest BCUT2D eigenvalue weighted by Gasteiger charge is 2.51. The fourth-order valence-electron chi connectivity index (χ4n) is 2.49. The van der Waals surface area contributed by atoms with Gasteiger partial charge >= 0.3 is 0 Å². The van der Waals surface area contributed by atoms with Crippen molar-refractivity contribution >= 4 is 11.8 Å². The first-order valence-electron chi connectivity index (χ1n) is 7.37. The highest BCUT2D eigenvalue weighted by Crippen LogP contribution is 2.29. The molecule has 1 saturated heterocycles. The Hall–Kier alpha value is -1.06. The van der Waals surface area contributed by atoms with Gasteiger partial charge in [-0.15, -0.1) is 0 Å². The van der Waals surface area contributed by atoms with Crippen molar-refractivity contribution in [3.05, 3.63) is 0 Å². The molecule has 19 heavy (non-hydrogen) atoms. The first kappa shape index (κ1) is 16.0. The summed E-state index contributed by atoms with van der Waals surface area (Å²) in [5.41, 5.74) is -1.51. The van der Waals surface area contributed by atoms with Gasteiger partial charge in [0.05, 0.1) is 0 Å². The third-order valence-corrected chi connectivity index (χ3v) is 4.64. The van der Waals surface area contributed by atoms with Crippen LogP contribution in [0.5, 0.6) is 0 Å². The first-order valence-corrected chi connectivity index (χ1v) is 7.37. The van der Waals surface area contributed by atoms with Gasteiger partial charge in [0.2, 0.25) is 11.8 Å². The molecule has 1 rings (SSSR count). The van der Waals surface area contributed by atoms with E-state index in [1.807, 2.05) is 27.7 Å². The van der Waals surface area contributed by atoms with Crippen LogP contribution >= 0.6 is 0 Å². The van der Waals surface area contributed by atoms with Crippen LogP contribution in [0.4, 0.5) is 0 Å². The lowest BCUT2D eigenvalue weighted by molar-refractivity contribution is -0.161. The van der Waals surface area contributed by atoms with E-state index in [4.69, 9.17) is 0 Å². The normalized spacial score (nSPS) is 26.8. The summed E-state index contributed by atoms with van der Waals surface area (Å²) in [6, 6.07) is 0. The summed E-state index contributed by atoms with van der Waals surface area (Å²) in [5, 5.41) is 2.89. The Labute approximate surface area is 116 Å². The van der Waals surface area contributed by atoms with E-state index in [0.717, 1.165) is 12.8 Å². The van der Waals surface area contributed by atoms with Gasteiger partial charge in [0, 0.05) is 6.54 Å². The average Bonchev–Trinajstić information content (AvgIpc) is 2.37. The SMILES string of the molecule is CCC(CC)CN1C(=O)C(C)(CC)NC(=O)C1(C)C. The minimum Gasteiger partial charge on any atom is -0.340 e. The molecule has 4 heteroatoms. The third-order valence-electron chi connectivity index (χ3n) is 4.64. The highest BCUT2D eigenvalue weighted by atomic mass is 16.2. The standard InChI is InChI=1S/C15H28N2O2/c1-7-11(8-2)10-17-13(19)15(6,9-3)16-12(18)14(17,4)5/h11H,7-10H2,1-6H3,(H,16,18). The lowest BCUT2D eigenvalue weighted by Gasteiger charge is -2.49. The predicted molar refractivity (Wildman–Crippen MR) is 76.7 cm³/mol. The van der Waals surface area contributed by atoms with Gasteiger partial charge in [0.25, 0.3) is 0 Å². The average molecular weight is 268 g/mol. The molecule has 0 saturated carbocycles. The molecular formula is C15H28N2O2. The van der Waals surface area contributed by atoms with Crippen LogP contribution in [0.1, 0.15) is 60.8 Å². The lowest BCUT2D eigenvalue weighted by atomic mass is 9.85. The largest absolute Gasteiger partial charge is 0.340 e. The predicted octanol–water partition coefficient (Wildman–Crippen LogP) is 2.33. The minimum absolute atomic E-state index is 0.0477. The van der Waals surface area contributed by atoms with E-state index < -0.39 is 11.1 Å². The number of nitrogens with one attached hydrogen (secondary N) is 1. The van der Waals surface area contributed by atoms with Crippen molar-refractivity contribution in [3.8, 4) is 0 Å². The summed E-state index contributed by atoms with van der Waals surface area (Å²) in [7, 11) is 0. The topological polar surface area (TPSA) is 49.4 Å². The zero-order chi connectivity index (χ0) is 14.8. The Morgan fingerprint density at radius 2 is 1.63 bits per heavy atom. The summed E-state index contributed by atoms with van der Waals surface area (Å²) >= 11 is 0. The first-order chi connectivity index (χ1) is 8.72. The number of carbonyl (C=O) groups excluding carboxylic acids is 2. The lowest BCUT2D eigenvalue weighted by Crippen LogP contribution is -2.73. The Balaban J connectivity index is 3.07. The number of hydrogen-bond acceptors (Lipinski definition) is 2. The van der Waals surface area contributed by atoms with Crippen molar-refractivity contribution in [3.63, 3.8) is 0 Å². The van der Waals surface area contributed by atoms with Crippen molar-refractivity contribution in [2.24, 2.45) is 5.92 Å². The van der Waals surface area contributed by atoms with Crippen LogP contribution in [-0.2, 0) is 9.59 Å². The summed E-state index contributed by atoms with van der Waals surface area (Å²) in [5.74, 6) is 0.448. The molecule has 0 bridgehead atoms. The molecule has 1 heterocycles. The smallest absolute Gasteiger partial charge is 0.248 e. The van der Waals surface area contributed by atoms with E-state index in [1.165, 1.54) is 0 Å². The molecule has 1 N–H and O–H groups in total. The van der Waals surface area contributed by atoms with Crippen molar-refractivity contribution in [2.45, 2.75) is 71.9 Å². The van der Waals surface area contributed by atoms with E-state index in [1.54, 1.807) is 4.90 Å². The van der Waals surface area contributed by atoms with Gasteiger partial charge in [-0.1, -0.05) is 33.6 Å². The van der Waals surface area contributed by atoms with E-state index >= 15 is 0 Å². The second-order valence-electron chi connectivity index (χ2n) is 6.30. The van der Waals surface area contributed by atoms with Crippen molar-refractivity contribution in [1.29, 1.82) is 0 Å². The number of rotatable bonds is 5. The van der Waals surface area contributed by atoms with Gasteiger partial charge in [0.1, 0.15) is 11.1 Å². The summed E-state index contributed by atoms with van der Waals surface area (Å²) < 4.78 is 0. The number of piperazine rings is 1. The summed E-state index contributed by atoms with van der Waals surface area (Å²) in [6.07, 6.45) is 2.68. The molecule has 0 aromatic heterocycles. The molecule has 0 radical (unpaired) electrons. The van der Waals surface area contributed by atoms with Crippen LogP contribution in [0, 0.1) is 5.92 Å². The van der Waals surface area contributed by atoms with Crippen LogP contribution < -0.4 is 5.32 Å². The Kier molecular flexibility index (Phi) is 4.64. The maximum Gasteiger partial charge on any atom is 0.248 e. The maximum absolute atomic E-state index is 12.7. The second-order valence-corrected chi connectivity index (χ2v) is 6.30. The molecule has 4 nitrogen and oxygen atoms in total. The van der Waals surface area contributed by atoms with Crippen LogP contribution in [0.3, 0.4) is 0 Å². The molecule has 1 unspecified atom stereocenters. The van der Waals surface area contributed by atoms with E-state index in [2.05, 4.69) is 19.2 Å². The number of amides is 2. The van der Waals surface area contributed by atoms with Crippen LogP contribution in [0.2, 0.25) is 0 Å².